The predicted molar refractivity (Wildman–Crippen MR) is 91.8 cm³/mol. The van der Waals surface area contributed by atoms with Crippen molar-refractivity contribution in [2.75, 3.05) is 4.90 Å². The molecule has 1 unspecified atom stereocenters. The second-order valence-electron chi connectivity index (χ2n) is 6.39. The number of hydrogen-bond acceptors (Lipinski definition) is 1. The lowest BCUT2D eigenvalue weighted by Gasteiger charge is -2.34. The van der Waals surface area contributed by atoms with Crippen LogP contribution in [0.3, 0.4) is 0 Å². The van der Waals surface area contributed by atoms with Crippen molar-refractivity contribution in [3.63, 3.8) is 0 Å². The van der Waals surface area contributed by atoms with Gasteiger partial charge in [-0.1, -0.05) is 12.2 Å². The van der Waals surface area contributed by atoms with E-state index in [9.17, 15) is 26.3 Å². The standard InChI is InChI=1S/C20H17F6N/c21-19(22,23)14-6-10-17(11-7-14)27(16-4-2-1-3-5-16)18-12-8-15(9-13-18)20(24,25)26/h2,4,6-13,16H,1,3,5H2. The first-order valence-electron chi connectivity index (χ1n) is 8.47. The highest BCUT2D eigenvalue weighted by molar-refractivity contribution is 5.66. The molecular formula is C20H17F6N. The van der Waals surface area contributed by atoms with Crippen molar-refractivity contribution in [2.45, 2.75) is 37.7 Å². The first-order valence-corrected chi connectivity index (χ1v) is 8.47. The van der Waals surface area contributed by atoms with E-state index in [1.165, 1.54) is 24.3 Å². The van der Waals surface area contributed by atoms with Crippen LogP contribution in [0.5, 0.6) is 0 Å². The second-order valence-corrected chi connectivity index (χ2v) is 6.39. The lowest BCUT2D eigenvalue weighted by molar-refractivity contribution is -0.138. The molecule has 0 heterocycles. The Balaban J connectivity index is 1.99. The maximum absolute atomic E-state index is 12.8. The highest BCUT2D eigenvalue weighted by Crippen LogP contribution is 2.37. The van der Waals surface area contributed by atoms with E-state index in [1.54, 1.807) is 4.90 Å². The highest BCUT2D eigenvalue weighted by atomic mass is 19.4. The molecule has 0 radical (unpaired) electrons. The van der Waals surface area contributed by atoms with Gasteiger partial charge in [-0.25, -0.2) is 0 Å². The molecule has 144 valence electrons. The van der Waals surface area contributed by atoms with Crippen molar-refractivity contribution >= 4 is 11.4 Å². The third-order valence-corrected chi connectivity index (χ3v) is 4.51. The number of nitrogens with zero attached hydrogens (tertiary/aromatic N) is 1. The Labute approximate surface area is 152 Å². The molecule has 0 N–H and O–H groups in total. The predicted octanol–water partition coefficient (Wildman–Crippen LogP) is 6.97. The minimum atomic E-state index is -4.44. The third kappa shape index (κ3) is 4.46. The monoisotopic (exact) mass is 385 g/mol. The normalized spacial score (nSPS) is 17.8. The van der Waals surface area contributed by atoms with Crippen LogP contribution in [0.15, 0.2) is 60.7 Å². The van der Waals surface area contributed by atoms with Gasteiger partial charge in [0.1, 0.15) is 0 Å². The number of benzene rings is 2. The van der Waals surface area contributed by atoms with Crippen LogP contribution in [-0.2, 0) is 12.4 Å². The van der Waals surface area contributed by atoms with E-state index in [4.69, 9.17) is 0 Å². The number of alkyl halides is 6. The van der Waals surface area contributed by atoms with E-state index in [1.807, 2.05) is 12.2 Å². The zero-order chi connectivity index (χ0) is 19.7. The average molecular weight is 385 g/mol. The van der Waals surface area contributed by atoms with Crippen LogP contribution in [0.2, 0.25) is 0 Å². The molecule has 1 nitrogen and oxygen atoms in total. The number of hydrogen-bond donors (Lipinski definition) is 0. The quantitative estimate of drug-likeness (QED) is 0.407. The zero-order valence-electron chi connectivity index (χ0n) is 14.2. The maximum atomic E-state index is 12.8. The first-order chi connectivity index (χ1) is 12.7. The Bertz CT molecular complexity index is 730. The molecule has 0 aliphatic heterocycles. The number of rotatable bonds is 3. The summed E-state index contributed by atoms with van der Waals surface area (Å²) in [5.74, 6) is 0. The van der Waals surface area contributed by atoms with Crippen LogP contribution < -0.4 is 4.90 Å². The van der Waals surface area contributed by atoms with Crippen LogP contribution in [0.1, 0.15) is 30.4 Å². The van der Waals surface area contributed by atoms with Crippen LogP contribution in [0, 0.1) is 0 Å². The molecule has 2 aromatic rings. The maximum Gasteiger partial charge on any atom is 0.416 e. The Kier molecular flexibility index (Phi) is 5.22. The minimum absolute atomic E-state index is 0.132. The molecule has 0 amide bonds. The fourth-order valence-electron chi connectivity index (χ4n) is 3.16. The molecule has 1 atom stereocenters. The first kappa shape index (κ1) is 19.3. The van der Waals surface area contributed by atoms with Gasteiger partial charge in [0.25, 0.3) is 0 Å². The summed E-state index contributed by atoms with van der Waals surface area (Å²) in [7, 11) is 0. The molecular weight excluding hydrogens is 368 g/mol. The van der Waals surface area contributed by atoms with E-state index >= 15 is 0 Å². The van der Waals surface area contributed by atoms with Crippen molar-refractivity contribution < 1.29 is 26.3 Å². The van der Waals surface area contributed by atoms with Crippen LogP contribution in [0.4, 0.5) is 37.7 Å². The Hall–Kier alpha value is -2.44. The minimum Gasteiger partial charge on any atom is -0.335 e. The van der Waals surface area contributed by atoms with Crippen molar-refractivity contribution in [1.82, 2.24) is 0 Å². The average Bonchev–Trinajstić information content (AvgIpc) is 2.62. The van der Waals surface area contributed by atoms with Gasteiger partial charge in [0.2, 0.25) is 0 Å². The van der Waals surface area contributed by atoms with Gasteiger partial charge in [-0.15, -0.1) is 0 Å². The van der Waals surface area contributed by atoms with E-state index in [-0.39, 0.29) is 6.04 Å². The van der Waals surface area contributed by atoms with Crippen molar-refractivity contribution in [2.24, 2.45) is 0 Å². The van der Waals surface area contributed by atoms with Gasteiger partial charge in [0.05, 0.1) is 17.2 Å². The summed E-state index contributed by atoms with van der Waals surface area (Å²) in [6.07, 6.45) is -2.39. The summed E-state index contributed by atoms with van der Waals surface area (Å²) >= 11 is 0. The molecule has 0 saturated heterocycles. The van der Waals surface area contributed by atoms with Crippen molar-refractivity contribution in [1.29, 1.82) is 0 Å². The number of halogens is 6. The van der Waals surface area contributed by atoms with Crippen LogP contribution >= 0.6 is 0 Å². The summed E-state index contributed by atoms with van der Waals surface area (Å²) < 4.78 is 76.9. The second kappa shape index (κ2) is 7.29. The molecule has 7 heteroatoms. The fraction of sp³-hybridized carbons (Fsp3) is 0.300. The summed E-state index contributed by atoms with van der Waals surface area (Å²) in [5, 5.41) is 0. The summed E-state index contributed by atoms with van der Waals surface area (Å²) in [6, 6.07) is 9.21. The molecule has 0 aromatic heterocycles. The highest BCUT2D eigenvalue weighted by Gasteiger charge is 2.32. The largest absolute Gasteiger partial charge is 0.416 e. The van der Waals surface area contributed by atoms with Gasteiger partial charge < -0.3 is 4.90 Å². The van der Waals surface area contributed by atoms with Crippen LogP contribution in [0.25, 0.3) is 0 Å². The Morgan fingerprint density at radius 1 is 0.704 bits per heavy atom. The molecule has 2 aromatic carbocycles. The fourth-order valence-corrected chi connectivity index (χ4v) is 3.16. The molecule has 0 fully saturated rings. The lowest BCUT2D eigenvalue weighted by atomic mass is 9.99. The molecule has 3 rings (SSSR count). The molecule has 0 bridgehead atoms. The summed E-state index contributed by atoms with van der Waals surface area (Å²) in [6.45, 7) is 0. The lowest BCUT2D eigenvalue weighted by Crippen LogP contribution is -2.30. The smallest absolute Gasteiger partial charge is 0.335 e. The molecule has 1 aliphatic carbocycles. The third-order valence-electron chi connectivity index (χ3n) is 4.51. The van der Waals surface area contributed by atoms with E-state index in [0.717, 1.165) is 43.5 Å². The summed E-state index contributed by atoms with van der Waals surface area (Å²) in [4.78, 5) is 1.77. The number of allylic oxidation sites excluding steroid dienone is 1. The summed E-state index contributed by atoms with van der Waals surface area (Å²) in [5.41, 5.74) is -0.533. The van der Waals surface area contributed by atoms with Gasteiger partial charge >= 0.3 is 12.4 Å². The van der Waals surface area contributed by atoms with Gasteiger partial charge in [0, 0.05) is 11.4 Å². The topological polar surface area (TPSA) is 3.24 Å². The van der Waals surface area contributed by atoms with E-state index in [0.29, 0.717) is 11.4 Å². The van der Waals surface area contributed by atoms with Crippen molar-refractivity contribution in [3.05, 3.63) is 71.8 Å². The zero-order valence-corrected chi connectivity index (χ0v) is 14.2. The van der Waals surface area contributed by atoms with Gasteiger partial charge in [0.15, 0.2) is 0 Å². The van der Waals surface area contributed by atoms with Gasteiger partial charge in [-0.05, 0) is 67.8 Å². The van der Waals surface area contributed by atoms with E-state index in [2.05, 4.69) is 0 Å². The Morgan fingerprint density at radius 2 is 1.15 bits per heavy atom. The molecule has 27 heavy (non-hydrogen) atoms. The number of anilines is 2. The van der Waals surface area contributed by atoms with Gasteiger partial charge in [-0.2, -0.15) is 26.3 Å². The molecule has 1 aliphatic rings. The molecule has 0 spiro atoms. The van der Waals surface area contributed by atoms with Crippen molar-refractivity contribution in [3.8, 4) is 0 Å². The SMILES string of the molecule is FC(F)(F)c1ccc(N(c2ccc(C(F)(F)F)cc2)C2C=CCCC2)cc1. The Morgan fingerprint density at radius 3 is 1.48 bits per heavy atom. The van der Waals surface area contributed by atoms with Gasteiger partial charge in [-0.3, -0.25) is 0 Å². The van der Waals surface area contributed by atoms with Crippen LogP contribution in [-0.4, -0.2) is 6.04 Å². The molecule has 0 saturated carbocycles. The van der Waals surface area contributed by atoms with E-state index < -0.39 is 23.5 Å².